The number of rotatable bonds is 4. The fourth-order valence-electron chi connectivity index (χ4n) is 0.557. The fourth-order valence-corrected chi connectivity index (χ4v) is 0.967. The minimum atomic E-state index is -0.413. The summed E-state index contributed by atoms with van der Waals surface area (Å²) in [7, 11) is 0. The van der Waals surface area contributed by atoms with Gasteiger partial charge in [0.1, 0.15) is 0 Å². The van der Waals surface area contributed by atoms with Crippen molar-refractivity contribution in [3.8, 4) is 0 Å². The standard InChI is InChI=1S/C8H13IO3/c1-3-12-8(11)7(9)5-4-6(2)10/h5-6,10H,3-4H2,1-2H3/b7-5-/t6-/m1/s1. The number of hydrogen-bond acceptors (Lipinski definition) is 3. The lowest BCUT2D eigenvalue weighted by Gasteiger charge is -2.01. The van der Waals surface area contributed by atoms with Crippen LogP contribution in [0.25, 0.3) is 0 Å². The molecule has 1 N–H and O–H groups in total. The van der Waals surface area contributed by atoms with E-state index >= 15 is 0 Å². The van der Waals surface area contributed by atoms with Gasteiger partial charge in [0, 0.05) is 0 Å². The van der Waals surface area contributed by atoms with E-state index in [1.807, 2.05) is 22.6 Å². The Morgan fingerprint density at radius 2 is 2.33 bits per heavy atom. The number of aliphatic hydroxyl groups is 1. The van der Waals surface area contributed by atoms with Crippen molar-refractivity contribution in [1.82, 2.24) is 0 Å². The second-order valence-corrected chi connectivity index (χ2v) is 3.52. The number of esters is 1. The molecule has 1 atom stereocenters. The van der Waals surface area contributed by atoms with E-state index in [1.165, 1.54) is 0 Å². The maximum Gasteiger partial charge on any atom is 0.344 e. The van der Waals surface area contributed by atoms with Crippen LogP contribution in [0.2, 0.25) is 0 Å². The molecule has 4 heteroatoms. The summed E-state index contributed by atoms with van der Waals surface area (Å²) in [6, 6.07) is 0. The molecule has 0 aliphatic rings. The van der Waals surface area contributed by atoms with Crippen LogP contribution in [0, 0.1) is 0 Å². The van der Waals surface area contributed by atoms with Crippen molar-refractivity contribution in [2.24, 2.45) is 0 Å². The van der Waals surface area contributed by atoms with Crippen LogP contribution in [0.5, 0.6) is 0 Å². The lowest BCUT2D eigenvalue weighted by atomic mass is 10.3. The SMILES string of the molecule is CCOC(=O)/C(I)=C/C[C@@H](C)O. The third-order valence-corrected chi connectivity index (χ3v) is 1.99. The molecule has 0 saturated carbocycles. The maximum absolute atomic E-state index is 11.0. The first-order valence-corrected chi connectivity index (χ1v) is 4.86. The molecule has 0 fully saturated rings. The van der Waals surface area contributed by atoms with Crippen molar-refractivity contribution in [3.05, 3.63) is 9.66 Å². The Morgan fingerprint density at radius 3 is 2.75 bits per heavy atom. The summed E-state index contributed by atoms with van der Waals surface area (Å²) < 4.78 is 5.26. The molecule has 0 saturated heterocycles. The molecule has 0 aromatic rings. The minimum Gasteiger partial charge on any atom is -0.462 e. The molecule has 0 unspecified atom stereocenters. The van der Waals surface area contributed by atoms with E-state index in [0.29, 0.717) is 16.6 Å². The van der Waals surface area contributed by atoms with E-state index < -0.39 is 6.10 Å². The Labute approximate surface area is 85.9 Å². The molecule has 0 aromatic carbocycles. The molecular weight excluding hydrogens is 271 g/mol. The zero-order valence-electron chi connectivity index (χ0n) is 7.21. The molecule has 0 aliphatic heterocycles. The zero-order chi connectivity index (χ0) is 9.56. The minimum absolute atomic E-state index is 0.321. The summed E-state index contributed by atoms with van der Waals surface area (Å²) in [6.07, 6.45) is 1.74. The van der Waals surface area contributed by atoms with Crippen molar-refractivity contribution in [2.75, 3.05) is 6.61 Å². The van der Waals surface area contributed by atoms with Crippen LogP contribution in [-0.2, 0) is 9.53 Å². The Morgan fingerprint density at radius 1 is 1.75 bits per heavy atom. The van der Waals surface area contributed by atoms with Gasteiger partial charge in [-0.05, 0) is 42.9 Å². The summed E-state index contributed by atoms with van der Waals surface area (Å²) in [5.41, 5.74) is 0. The van der Waals surface area contributed by atoms with Gasteiger partial charge in [-0.15, -0.1) is 0 Å². The van der Waals surface area contributed by atoms with Crippen molar-refractivity contribution in [3.63, 3.8) is 0 Å². The molecule has 0 spiro atoms. The van der Waals surface area contributed by atoms with Gasteiger partial charge >= 0.3 is 5.97 Å². The van der Waals surface area contributed by atoms with Crippen molar-refractivity contribution >= 4 is 28.6 Å². The largest absolute Gasteiger partial charge is 0.462 e. The van der Waals surface area contributed by atoms with Gasteiger partial charge in [-0.25, -0.2) is 4.79 Å². The summed E-state index contributed by atoms with van der Waals surface area (Å²) >= 11 is 1.90. The van der Waals surface area contributed by atoms with E-state index in [0.717, 1.165) is 0 Å². The van der Waals surface area contributed by atoms with E-state index in [-0.39, 0.29) is 5.97 Å². The number of ether oxygens (including phenoxy) is 1. The van der Waals surface area contributed by atoms with Gasteiger partial charge in [-0.2, -0.15) is 0 Å². The van der Waals surface area contributed by atoms with Crippen LogP contribution in [0.3, 0.4) is 0 Å². The molecule has 0 aromatic heterocycles. The topological polar surface area (TPSA) is 46.5 Å². The monoisotopic (exact) mass is 284 g/mol. The van der Waals surface area contributed by atoms with Crippen LogP contribution in [0.15, 0.2) is 9.66 Å². The van der Waals surface area contributed by atoms with Crippen LogP contribution >= 0.6 is 22.6 Å². The number of aliphatic hydroxyl groups excluding tert-OH is 1. The number of carbonyl (C=O) groups is 1. The van der Waals surface area contributed by atoms with Gasteiger partial charge in [0.2, 0.25) is 0 Å². The third kappa shape index (κ3) is 5.54. The first kappa shape index (κ1) is 11.9. The zero-order valence-corrected chi connectivity index (χ0v) is 9.37. The summed E-state index contributed by atoms with van der Waals surface area (Å²) in [5, 5.41) is 8.91. The van der Waals surface area contributed by atoms with Crippen LogP contribution in [0.4, 0.5) is 0 Å². The lowest BCUT2D eigenvalue weighted by molar-refractivity contribution is -0.137. The summed E-state index contributed by atoms with van der Waals surface area (Å²) in [6.45, 7) is 3.82. The first-order chi connectivity index (χ1) is 5.57. The van der Waals surface area contributed by atoms with E-state index in [1.54, 1.807) is 19.9 Å². The average molecular weight is 284 g/mol. The average Bonchev–Trinajstić information content (AvgIpc) is 2.00. The smallest absolute Gasteiger partial charge is 0.344 e. The second-order valence-electron chi connectivity index (χ2n) is 2.36. The summed E-state index contributed by atoms with van der Waals surface area (Å²) in [4.78, 5) is 11.0. The Hall–Kier alpha value is -0.100. The molecule has 0 aliphatic carbocycles. The van der Waals surface area contributed by atoms with Crippen LogP contribution in [-0.4, -0.2) is 23.8 Å². The predicted molar refractivity (Wildman–Crippen MR) is 55.0 cm³/mol. The van der Waals surface area contributed by atoms with E-state index in [2.05, 4.69) is 0 Å². The maximum atomic E-state index is 11.0. The van der Waals surface area contributed by atoms with Crippen molar-refractivity contribution < 1.29 is 14.6 Å². The molecule has 0 bridgehead atoms. The molecule has 70 valence electrons. The van der Waals surface area contributed by atoms with Crippen molar-refractivity contribution in [1.29, 1.82) is 0 Å². The Bertz CT molecular complexity index is 175. The highest BCUT2D eigenvalue weighted by Crippen LogP contribution is 2.10. The van der Waals surface area contributed by atoms with Crippen LogP contribution in [0.1, 0.15) is 20.3 Å². The normalized spacial score (nSPS) is 14.2. The highest BCUT2D eigenvalue weighted by Gasteiger charge is 2.05. The van der Waals surface area contributed by atoms with Gasteiger partial charge in [-0.1, -0.05) is 6.08 Å². The Kier molecular flexibility index (Phi) is 6.37. The third-order valence-electron chi connectivity index (χ3n) is 1.11. The van der Waals surface area contributed by atoms with Crippen LogP contribution < -0.4 is 0 Å². The van der Waals surface area contributed by atoms with Gasteiger partial charge in [0.05, 0.1) is 16.3 Å². The van der Waals surface area contributed by atoms with Gasteiger partial charge in [0.25, 0.3) is 0 Å². The number of carbonyl (C=O) groups excluding carboxylic acids is 1. The molecular formula is C8H13IO3. The quantitative estimate of drug-likeness (QED) is 0.485. The number of hydrogen-bond donors (Lipinski definition) is 1. The molecule has 0 amide bonds. The predicted octanol–water partition coefficient (Wildman–Crippen LogP) is 1.64. The molecule has 0 radical (unpaired) electrons. The molecule has 3 nitrogen and oxygen atoms in total. The van der Waals surface area contributed by atoms with Gasteiger partial charge in [-0.3, -0.25) is 0 Å². The lowest BCUT2D eigenvalue weighted by Crippen LogP contribution is -2.04. The second kappa shape index (κ2) is 6.42. The highest BCUT2D eigenvalue weighted by atomic mass is 127. The number of halogens is 1. The highest BCUT2D eigenvalue weighted by molar-refractivity contribution is 14.1. The molecule has 0 rings (SSSR count). The molecule has 12 heavy (non-hydrogen) atoms. The van der Waals surface area contributed by atoms with Gasteiger partial charge < -0.3 is 9.84 Å². The van der Waals surface area contributed by atoms with Gasteiger partial charge in [0.15, 0.2) is 0 Å². The molecule has 0 heterocycles. The fraction of sp³-hybridized carbons (Fsp3) is 0.625. The first-order valence-electron chi connectivity index (χ1n) is 3.78. The van der Waals surface area contributed by atoms with E-state index in [4.69, 9.17) is 9.84 Å². The van der Waals surface area contributed by atoms with Crippen molar-refractivity contribution in [2.45, 2.75) is 26.4 Å². The van der Waals surface area contributed by atoms with E-state index in [9.17, 15) is 4.79 Å². The summed E-state index contributed by atoms with van der Waals surface area (Å²) in [5.74, 6) is -0.321. The Balaban J connectivity index is 3.90.